The Labute approximate surface area is 181 Å². The van der Waals surface area contributed by atoms with Crippen molar-refractivity contribution >= 4 is 11.5 Å². The Balaban J connectivity index is 1.22. The van der Waals surface area contributed by atoms with Crippen molar-refractivity contribution in [3.8, 4) is 11.1 Å². The molecule has 31 heavy (non-hydrogen) atoms. The number of carbonyl (C=O) groups excluding carboxylic acids is 1. The fourth-order valence-corrected chi connectivity index (χ4v) is 4.55. The van der Waals surface area contributed by atoms with Gasteiger partial charge in [-0.15, -0.1) is 0 Å². The highest BCUT2D eigenvalue weighted by molar-refractivity contribution is 5.72. The first-order valence-corrected chi connectivity index (χ1v) is 10.8. The Kier molecular flexibility index (Phi) is 5.28. The van der Waals surface area contributed by atoms with E-state index in [9.17, 15) is 4.79 Å². The van der Waals surface area contributed by atoms with Crippen molar-refractivity contribution < 1.29 is 9.53 Å². The molecular formula is C25H26N4O2. The van der Waals surface area contributed by atoms with Gasteiger partial charge in [-0.2, -0.15) is 10.2 Å². The van der Waals surface area contributed by atoms with Gasteiger partial charge in [-0.3, -0.25) is 9.48 Å². The molecule has 0 spiro atoms. The van der Waals surface area contributed by atoms with Gasteiger partial charge in [-0.25, -0.2) is 4.52 Å². The molecule has 0 saturated heterocycles. The number of ether oxygens (including phenoxy) is 1. The Morgan fingerprint density at radius 2 is 1.77 bits per heavy atom. The third-order valence-electron chi connectivity index (χ3n) is 6.31. The lowest BCUT2D eigenvalue weighted by Crippen LogP contribution is -2.23. The molecule has 0 bridgehead atoms. The lowest BCUT2D eigenvalue weighted by Gasteiger charge is -2.27. The van der Waals surface area contributed by atoms with Gasteiger partial charge in [0.05, 0.1) is 23.8 Å². The summed E-state index contributed by atoms with van der Waals surface area (Å²) in [7, 11) is 1.92. The zero-order chi connectivity index (χ0) is 21.2. The molecule has 0 aliphatic heterocycles. The first kappa shape index (κ1) is 19.5. The number of fused-ring (bicyclic) bond motifs is 1. The monoisotopic (exact) mass is 414 g/mol. The van der Waals surface area contributed by atoms with E-state index in [1.165, 1.54) is 5.56 Å². The number of esters is 1. The molecule has 1 aliphatic rings. The van der Waals surface area contributed by atoms with Crippen LogP contribution in [0, 0.1) is 5.92 Å². The highest BCUT2D eigenvalue weighted by Crippen LogP contribution is 2.38. The molecule has 1 aliphatic carbocycles. The van der Waals surface area contributed by atoms with Gasteiger partial charge in [0.25, 0.3) is 0 Å². The van der Waals surface area contributed by atoms with E-state index >= 15 is 0 Å². The van der Waals surface area contributed by atoms with Gasteiger partial charge in [0, 0.05) is 36.1 Å². The summed E-state index contributed by atoms with van der Waals surface area (Å²) in [5.74, 6) is 0.363. The quantitative estimate of drug-likeness (QED) is 0.442. The van der Waals surface area contributed by atoms with Crippen molar-refractivity contribution in [1.29, 1.82) is 0 Å². The van der Waals surface area contributed by atoms with Gasteiger partial charge in [-0.05, 0) is 43.2 Å². The Morgan fingerprint density at radius 1 is 0.968 bits per heavy atom. The van der Waals surface area contributed by atoms with Crippen LogP contribution in [0.25, 0.3) is 16.6 Å². The molecule has 3 aromatic heterocycles. The van der Waals surface area contributed by atoms with Gasteiger partial charge in [0.2, 0.25) is 0 Å². The maximum absolute atomic E-state index is 12.5. The van der Waals surface area contributed by atoms with E-state index in [4.69, 9.17) is 4.74 Å². The van der Waals surface area contributed by atoms with Crippen LogP contribution in [0.5, 0.6) is 0 Å². The number of hydrogen-bond donors (Lipinski definition) is 0. The summed E-state index contributed by atoms with van der Waals surface area (Å²) in [6.07, 6.45) is 11.6. The molecule has 4 aromatic rings. The summed E-state index contributed by atoms with van der Waals surface area (Å²) in [5.41, 5.74) is 5.62. The van der Waals surface area contributed by atoms with Gasteiger partial charge in [0.1, 0.15) is 6.61 Å². The van der Waals surface area contributed by atoms with Crippen molar-refractivity contribution in [2.24, 2.45) is 13.0 Å². The average molecular weight is 415 g/mol. The minimum Gasteiger partial charge on any atom is -0.461 e. The van der Waals surface area contributed by atoms with E-state index < -0.39 is 0 Å². The lowest BCUT2D eigenvalue weighted by atomic mass is 9.79. The van der Waals surface area contributed by atoms with E-state index in [0.29, 0.717) is 12.5 Å². The molecule has 0 amide bonds. The van der Waals surface area contributed by atoms with Crippen LogP contribution in [-0.4, -0.2) is 25.4 Å². The summed E-state index contributed by atoms with van der Waals surface area (Å²) >= 11 is 0. The van der Waals surface area contributed by atoms with E-state index in [-0.39, 0.29) is 11.9 Å². The molecule has 0 radical (unpaired) electrons. The maximum atomic E-state index is 12.5. The zero-order valence-corrected chi connectivity index (χ0v) is 17.6. The highest BCUT2D eigenvalue weighted by atomic mass is 16.5. The summed E-state index contributed by atoms with van der Waals surface area (Å²) in [6, 6.07) is 14.1. The van der Waals surface area contributed by atoms with Crippen LogP contribution < -0.4 is 0 Å². The van der Waals surface area contributed by atoms with Crippen LogP contribution in [0.15, 0.2) is 67.3 Å². The predicted molar refractivity (Wildman–Crippen MR) is 118 cm³/mol. The van der Waals surface area contributed by atoms with Crippen LogP contribution in [0.4, 0.5) is 0 Å². The van der Waals surface area contributed by atoms with E-state index in [1.807, 2.05) is 60.5 Å². The number of hydrogen-bond acceptors (Lipinski definition) is 4. The number of aromatic nitrogens is 4. The number of benzene rings is 1. The number of pyridine rings is 1. The second-order valence-electron chi connectivity index (χ2n) is 8.39. The Hall–Kier alpha value is -3.41. The minimum absolute atomic E-state index is 0.000941. The molecule has 1 fully saturated rings. The van der Waals surface area contributed by atoms with Crippen molar-refractivity contribution in [2.45, 2.75) is 38.2 Å². The molecule has 158 valence electrons. The fourth-order valence-electron chi connectivity index (χ4n) is 4.55. The normalized spacial score (nSPS) is 18.9. The Morgan fingerprint density at radius 3 is 2.52 bits per heavy atom. The summed E-state index contributed by atoms with van der Waals surface area (Å²) < 4.78 is 9.32. The number of carbonyl (C=O) groups is 1. The molecule has 1 saturated carbocycles. The van der Waals surface area contributed by atoms with Gasteiger partial charge in [0.15, 0.2) is 0 Å². The van der Waals surface area contributed by atoms with Crippen LogP contribution in [-0.2, 0) is 23.2 Å². The first-order valence-electron chi connectivity index (χ1n) is 10.8. The average Bonchev–Trinajstić information content (AvgIpc) is 3.44. The topological polar surface area (TPSA) is 61.4 Å². The van der Waals surface area contributed by atoms with E-state index in [1.54, 1.807) is 4.68 Å². The summed E-state index contributed by atoms with van der Waals surface area (Å²) in [4.78, 5) is 12.5. The molecule has 0 atom stereocenters. The maximum Gasteiger partial charge on any atom is 0.309 e. The SMILES string of the molecule is Cn1cc(-c2ccc3c(C4CCC(C(=O)OCc5ccccc5)CC4)cnn3c2)cn1. The van der Waals surface area contributed by atoms with Crippen molar-refractivity contribution in [2.75, 3.05) is 0 Å². The van der Waals surface area contributed by atoms with Gasteiger partial charge < -0.3 is 4.74 Å². The number of aryl methyl sites for hydroxylation is 1. The zero-order valence-electron chi connectivity index (χ0n) is 17.6. The van der Waals surface area contributed by atoms with E-state index in [0.717, 1.165) is 47.9 Å². The fraction of sp³-hybridized carbons (Fsp3) is 0.320. The second-order valence-corrected chi connectivity index (χ2v) is 8.39. The lowest BCUT2D eigenvalue weighted by molar-refractivity contribution is -0.151. The molecule has 0 unspecified atom stereocenters. The van der Waals surface area contributed by atoms with Crippen molar-refractivity contribution in [1.82, 2.24) is 19.4 Å². The van der Waals surface area contributed by atoms with Crippen molar-refractivity contribution in [3.05, 3.63) is 78.4 Å². The first-order chi connectivity index (χ1) is 15.2. The van der Waals surface area contributed by atoms with E-state index in [2.05, 4.69) is 28.5 Å². The second kappa shape index (κ2) is 8.38. The molecule has 1 aromatic carbocycles. The molecule has 6 heteroatoms. The third-order valence-corrected chi connectivity index (χ3v) is 6.31. The Bertz CT molecular complexity index is 1190. The summed E-state index contributed by atoms with van der Waals surface area (Å²) in [5, 5.41) is 8.85. The summed E-state index contributed by atoms with van der Waals surface area (Å²) in [6.45, 7) is 0.354. The largest absolute Gasteiger partial charge is 0.461 e. The smallest absolute Gasteiger partial charge is 0.309 e. The number of nitrogens with zero attached hydrogens (tertiary/aromatic N) is 4. The molecule has 5 rings (SSSR count). The third kappa shape index (κ3) is 4.10. The van der Waals surface area contributed by atoms with Gasteiger partial charge >= 0.3 is 5.97 Å². The van der Waals surface area contributed by atoms with Crippen molar-refractivity contribution in [3.63, 3.8) is 0 Å². The van der Waals surface area contributed by atoms with Gasteiger partial charge in [-0.1, -0.05) is 36.4 Å². The molecule has 6 nitrogen and oxygen atoms in total. The van der Waals surface area contributed by atoms with Crippen LogP contribution in [0.2, 0.25) is 0 Å². The standard InChI is InChI=1S/C25H26N4O2/c1-28-15-22(13-26-28)21-11-12-24-23(14-27-29(24)16-21)19-7-9-20(10-8-19)25(30)31-17-18-5-3-2-4-6-18/h2-6,11-16,19-20H,7-10,17H2,1H3. The molecular weight excluding hydrogens is 388 g/mol. The molecule has 0 N–H and O–H groups in total. The molecule has 3 heterocycles. The highest BCUT2D eigenvalue weighted by Gasteiger charge is 2.29. The minimum atomic E-state index is -0.0664. The van der Waals surface area contributed by atoms with Crippen LogP contribution in [0.1, 0.15) is 42.7 Å². The predicted octanol–water partition coefficient (Wildman–Crippen LogP) is 4.75. The number of rotatable bonds is 5. The van der Waals surface area contributed by atoms with Crippen LogP contribution in [0.3, 0.4) is 0 Å². The van der Waals surface area contributed by atoms with Crippen LogP contribution >= 0.6 is 0 Å².